The van der Waals surface area contributed by atoms with E-state index in [1.54, 1.807) is 0 Å². The fraction of sp³-hybridized carbons (Fsp3) is 0. The van der Waals surface area contributed by atoms with Crippen molar-refractivity contribution >= 4 is 18.0 Å². The Morgan fingerprint density at radius 2 is 1.17 bits per heavy atom. The van der Waals surface area contributed by atoms with Crippen LogP contribution in [0.1, 0.15) is 0 Å². The molecule has 0 aromatic heterocycles. The van der Waals surface area contributed by atoms with E-state index in [2.05, 4.69) is 5.50 Å². The van der Waals surface area contributed by atoms with Crippen LogP contribution in [0.15, 0.2) is 0 Å². The van der Waals surface area contributed by atoms with Crippen LogP contribution in [0.5, 0.6) is 0 Å². The van der Waals surface area contributed by atoms with Crippen molar-refractivity contribution in [3.63, 3.8) is 0 Å². The third kappa shape index (κ3) is 131. The van der Waals surface area contributed by atoms with Crippen molar-refractivity contribution < 1.29 is 14.7 Å². The van der Waals surface area contributed by atoms with Crippen LogP contribution in [0, 0.1) is 0 Å². The molecular formula is H9NO3P2. The van der Waals surface area contributed by atoms with Crippen molar-refractivity contribution in [3.8, 4) is 0 Å². The quantitative estimate of drug-likeness (QED) is 0.299. The van der Waals surface area contributed by atoms with Gasteiger partial charge in [-0.05, 0) is 0 Å². The third-order valence-electron chi connectivity index (χ3n) is 0. The van der Waals surface area contributed by atoms with E-state index in [0.29, 0.717) is 0 Å². The van der Waals surface area contributed by atoms with Crippen LogP contribution in [0.25, 0.3) is 0 Å². The molecule has 0 fully saturated rings. The van der Waals surface area contributed by atoms with Crippen molar-refractivity contribution in [2.75, 3.05) is 0 Å². The van der Waals surface area contributed by atoms with Gasteiger partial charge in [0.05, 0.1) is 0 Å². The zero-order valence-corrected chi connectivity index (χ0v) is 5.54. The molecular weight excluding hydrogens is 124 g/mol. The van der Waals surface area contributed by atoms with Crippen LogP contribution in [-0.2, 0) is 0 Å². The van der Waals surface area contributed by atoms with Gasteiger partial charge in [-0.15, -0.1) is 0 Å². The molecule has 0 heterocycles. The summed E-state index contributed by atoms with van der Waals surface area (Å²) in [5, 5.41) is 0. The molecule has 0 aliphatic carbocycles. The van der Waals surface area contributed by atoms with Crippen molar-refractivity contribution in [3.05, 3.63) is 0 Å². The van der Waals surface area contributed by atoms with Crippen LogP contribution in [0.2, 0.25) is 0 Å². The SMILES string of the molecule is N[PH](O)(O)O.P. The first kappa shape index (κ1) is 9.85. The fourth-order valence-electron chi connectivity index (χ4n) is 0. The van der Waals surface area contributed by atoms with Crippen molar-refractivity contribution in [2.45, 2.75) is 0 Å². The van der Waals surface area contributed by atoms with E-state index in [4.69, 9.17) is 14.7 Å². The summed E-state index contributed by atoms with van der Waals surface area (Å²) in [7, 11) is -4.11. The molecule has 0 spiro atoms. The maximum Gasteiger partial charge on any atom is -0.153 e. The molecule has 0 rings (SSSR count). The molecule has 0 aromatic rings. The average molecular weight is 133 g/mol. The van der Waals surface area contributed by atoms with Gasteiger partial charge in [0.15, 0.2) is 0 Å². The van der Waals surface area contributed by atoms with Crippen LogP contribution in [0.4, 0.5) is 0 Å². The topological polar surface area (TPSA) is 86.7 Å². The summed E-state index contributed by atoms with van der Waals surface area (Å²) >= 11 is 0. The largest absolute Gasteiger partial charge is 0.153 e. The first-order chi connectivity index (χ1) is 2.00. The molecule has 4 nitrogen and oxygen atoms in total. The predicted octanol–water partition coefficient (Wildman–Crippen LogP) is -1.61. The van der Waals surface area contributed by atoms with E-state index in [0.717, 1.165) is 0 Å². The molecule has 0 aliphatic heterocycles. The van der Waals surface area contributed by atoms with E-state index in [-0.39, 0.29) is 9.90 Å². The molecule has 0 aliphatic rings. The van der Waals surface area contributed by atoms with Gasteiger partial charge < -0.3 is 0 Å². The molecule has 0 saturated heterocycles. The van der Waals surface area contributed by atoms with Crippen LogP contribution >= 0.6 is 18.0 Å². The second-order valence-corrected chi connectivity index (χ2v) is 2.06. The van der Waals surface area contributed by atoms with Gasteiger partial charge in [0.1, 0.15) is 0 Å². The van der Waals surface area contributed by atoms with Crippen LogP contribution < -0.4 is 5.50 Å². The normalized spacial score (nSPS) is 12.7. The van der Waals surface area contributed by atoms with Gasteiger partial charge in [-0.2, -0.15) is 9.90 Å². The van der Waals surface area contributed by atoms with Crippen molar-refractivity contribution in [2.24, 2.45) is 5.50 Å². The van der Waals surface area contributed by atoms with Gasteiger partial charge in [0.25, 0.3) is 0 Å². The minimum atomic E-state index is -4.11. The Bertz CT molecular complexity index is 24.3. The average Bonchev–Trinajstić information content (AvgIpc) is 0.722. The minimum absolute atomic E-state index is 0. The van der Waals surface area contributed by atoms with Crippen molar-refractivity contribution in [1.82, 2.24) is 0 Å². The molecule has 1 atom stereocenters. The fourth-order valence-corrected chi connectivity index (χ4v) is 0. The predicted molar refractivity (Wildman–Crippen MR) is 30.3 cm³/mol. The van der Waals surface area contributed by atoms with Crippen LogP contribution in [-0.4, -0.2) is 14.7 Å². The molecule has 5 N–H and O–H groups in total. The molecule has 0 aromatic carbocycles. The third-order valence-corrected chi connectivity index (χ3v) is 0. The molecule has 42 valence electrons. The van der Waals surface area contributed by atoms with Gasteiger partial charge in [-0.1, -0.05) is 0 Å². The first-order valence-corrected chi connectivity index (χ1v) is 2.88. The summed E-state index contributed by atoms with van der Waals surface area (Å²) < 4.78 is 0. The van der Waals surface area contributed by atoms with E-state index < -0.39 is 8.09 Å². The summed E-state index contributed by atoms with van der Waals surface area (Å²) in [5.74, 6) is 0. The first-order valence-electron chi connectivity index (χ1n) is 0.959. The molecule has 0 saturated carbocycles. The van der Waals surface area contributed by atoms with E-state index in [1.165, 1.54) is 0 Å². The molecule has 1 unspecified atom stereocenters. The van der Waals surface area contributed by atoms with E-state index in [9.17, 15) is 0 Å². The molecule has 6 heavy (non-hydrogen) atoms. The standard InChI is InChI=1S/H6NO3P.H3P/c1-5(2,3)4;/h2-5H,1H2;1H3. The van der Waals surface area contributed by atoms with Gasteiger partial charge in [-0.3, -0.25) is 0 Å². The van der Waals surface area contributed by atoms with Crippen LogP contribution in [0.3, 0.4) is 0 Å². The smallest absolute Gasteiger partial charge is 0.153 e. The Balaban J connectivity index is 0. The summed E-state index contributed by atoms with van der Waals surface area (Å²) in [5.41, 5.74) is 4.16. The number of rotatable bonds is 0. The number of hydrogen-bond acceptors (Lipinski definition) is 4. The summed E-state index contributed by atoms with van der Waals surface area (Å²) in [6, 6.07) is 0. The molecule has 6 heteroatoms. The molecule has 0 bridgehead atoms. The van der Waals surface area contributed by atoms with Gasteiger partial charge in [-0.25, -0.2) is 0 Å². The Hall–Kier alpha value is 0.700. The van der Waals surface area contributed by atoms with Gasteiger partial charge >= 0.3 is 28.3 Å². The summed E-state index contributed by atoms with van der Waals surface area (Å²) in [4.78, 5) is 22.6. The second kappa shape index (κ2) is 2.80. The van der Waals surface area contributed by atoms with Gasteiger partial charge in [0, 0.05) is 0 Å². The monoisotopic (exact) mass is 133 g/mol. The van der Waals surface area contributed by atoms with E-state index in [1.807, 2.05) is 0 Å². The summed E-state index contributed by atoms with van der Waals surface area (Å²) in [6.45, 7) is 0. The number of nitrogens with two attached hydrogens (primary N) is 1. The number of hydrogen-bond donors (Lipinski definition) is 4. The maximum absolute atomic E-state index is 7.55. The van der Waals surface area contributed by atoms with Gasteiger partial charge in [0.2, 0.25) is 0 Å². The Labute approximate surface area is 39.2 Å². The molecule has 0 amide bonds. The zero-order valence-electron chi connectivity index (χ0n) is 3.13. The summed E-state index contributed by atoms with van der Waals surface area (Å²) in [6.07, 6.45) is 0. The maximum atomic E-state index is 7.55. The zero-order chi connectivity index (χ0) is 4.50. The second-order valence-electron chi connectivity index (χ2n) is 0.687. The van der Waals surface area contributed by atoms with E-state index >= 15 is 0 Å². The van der Waals surface area contributed by atoms with Crippen molar-refractivity contribution in [1.29, 1.82) is 0 Å². The Morgan fingerprint density at radius 1 is 1.17 bits per heavy atom. The minimum Gasteiger partial charge on any atom is -0.153 e. The Morgan fingerprint density at radius 3 is 1.17 bits per heavy atom. The Kier molecular flexibility index (Phi) is 4.61. The molecule has 0 radical (unpaired) electrons.